The van der Waals surface area contributed by atoms with E-state index < -0.39 is 0 Å². The highest BCUT2D eigenvalue weighted by molar-refractivity contribution is 5.69. The maximum atomic E-state index is 11.6. The molecule has 0 aliphatic carbocycles. The summed E-state index contributed by atoms with van der Waals surface area (Å²) in [4.78, 5) is 22.9. The van der Waals surface area contributed by atoms with Gasteiger partial charge in [0, 0.05) is 19.8 Å². The molecule has 0 saturated carbocycles. The zero-order valence-electron chi connectivity index (χ0n) is 19.1. The van der Waals surface area contributed by atoms with Crippen LogP contribution in [0.25, 0.3) is 0 Å². The van der Waals surface area contributed by atoms with Gasteiger partial charge >= 0.3 is 11.9 Å². The first-order valence-corrected chi connectivity index (χ1v) is 11.3. The lowest BCUT2D eigenvalue weighted by Gasteiger charge is -2.19. The molecule has 1 atom stereocenters. The molecule has 28 heavy (non-hydrogen) atoms. The van der Waals surface area contributed by atoms with Crippen LogP contribution in [-0.2, 0) is 19.1 Å². The lowest BCUT2D eigenvalue weighted by Crippen LogP contribution is -2.23. The third kappa shape index (κ3) is 19.4. The second-order valence-electron chi connectivity index (χ2n) is 8.68. The molecule has 0 saturated heterocycles. The maximum Gasteiger partial charge on any atom is 0.306 e. The quantitative estimate of drug-likeness (QED) is 0.162. The summed E-state index contributed by atoms with van der Waals surface area (Å²) in [6.45, 7) is 9.40. The van der Waals surface area contributed by atoms with Crippen molar-refractivity contribution in [3.05, 3.63) is 12.2 Å². The van der Waals surface area contributed by atoms with E-state index in [-0.39, 0.29) is 23.6 Å². The van der Waals surface area contributed by atoms with Gasteiger partial charge in [-0.25, -0.2) is 0 Å². The second kappa shape index (κ2) is 16.6. The van der Waals surface area contributed by atoms with Gasteiger partial charge < -0.3 is 9.47 Å². The fourth-order valence-corrected chi connectivity index (χ4v) is 3.08. The highest BCUT2D eigenvalue weighted by Crippen LogP contribution is 2.14. The van der Waals surface area contributed by atoms with Gasteiger partial charge in [0.2, 0.25) is 0 Å². The van der Waals surface area contributed by atoms with Crippen molar-refractivity contribution >= 4 is 11.9 Å². The number of carbonyl (C=O) groups excluding carboxylic acids is 2. The van der Waals surface area contributed by atoms with E-state index in [1.54, 1.807) is 0 Å². The molecule has 0 aromatic rings. The highest BCUT2D eigenvalue weighted by atomic mass is 16.6. The third-order valence-electron chi connectivity index (χ3n) is 4.45. The Morgan fingerprint density at radius 3 is 2.18 bits per heavy atom. The van der Waals surface area contributed by atoms with Crippen molar-refractivity contribution in [2.24, 2.45) is 0 Å². The molecule has 0 bridgehead atoms. The van der Waals surface area contributed by atoms with Crippen molar-refractivity contribution in [3.63, 3.8) is 0 Å². The van der Waals surface area contributed by atoms with Crippen molar-refractivity contribution in [2.45, 2.75) is 130 Å². The van der Waals surface area contributed by atoms with Gasteiger partial charge in [0.05, 0.1) is 0 Å². The molecule has 0 rings (SSSR count). The van der Waals surface area contributed by atoms with Crippen LogP contribution in [0.5, 0.6) is 0 Å². The van der Waals surface area contributed by atoms with Crippen molar-refractivity contribution in [1.29, 1.82) is 0 Å². The van der Waals surface area contributed by atoms with Crippen LogP contribution in [-0.4, -0.2) is 23.6 Å². The smallest absolute Gasteiger partial charge is 0.306 e. The monoisotopic (exact) mass is 396 g/mol. The third-order valence-corrected chi connectivity index (χ3v) is 4.45. The van der Waals surface area contributed by atoms with Gasteiger partial charge in [0.1, 0.15) is 11.7 Å². The van der Waals surface area contributed by atoms with Crippen molar-refractivity contribution in [1.82, 2.24) is 0 Å². The molecule has 0 aromatic heterocycles. The Kier molecular flexibility index (Phi) is 15.8. The van der Waals surface area contributed by atoms with Gasteiger partial charge in [0.25, 0.3) is 0 Å². The average Bonchev–Trinajstić information content (AvgIpc) is 2.58. The van der Waals surface area contributed by atoms with Crippen LogP contribution >= 0.6 is 0 Å². The molecular weight excluding hydrogens is 352 g/mol. The van der Waals surface area contributed by atoms with Gasteiger partial charge in [0.15, 0.2) is 0 Å². The molecule has 0 radical (unpaired) electrons. The molecular formula is C24H44O4. The van der Waals surface area contributed by atoms with Crippen LogP contribution in [0.3, 0.4) is 0 Å². The first-order valence-electron chi connectivity index (χ1n) is 11.3. The molecule has 1 unspecified atom stereocenters. The first-order chi connectivity index (χ1) is 13.2. The Hall–Kier alpha value is -1.32. The van der Waals surface area contributed by atoms with Gasteiger partial charge in [-0.2, -0.15) is 0 Å². The van der Waals surface area contributed by atoms with Crippen molar-refractivity contribution in [3.8, 4) is 0 Å². The van der Waals surface area contributed by atoms with Gasteiger partial charge in [-0.05, 0) is 52.9 Å². The fourth-order valence-electron chi connectivity index (χ4n) is 3.08. The topological polar surface area (TPSA) is 52.6 Å². The summed E-state index contributed by atoms with van der Waals surface area (Å²) in [7, 11) is 0. The zero-order valence-corrected chi connectivity index (χ0v) is 19.1. The van der Waals surface area contributed by atoms with Crippen LogP contribution in [0.4, 0.5) is 0 Å². The first kappa shape index (κ1) is 26.7. The molecule has 0 fully saturated rings. The molecule has 4 nitrogen and oxygen atoms in total. The van der Waals surface area contributed by atoms with Gasteiger partial charge in [-0.1, -0.05) is 57.6 Å². The van der Waals surface area contributed by atoms with Gasteiger partial charge in [-0.15, -0.1) is 0 Å². The van der Waals surface area contributed by atoms with E-state index in [2.05, 4.69) is 19.1 Å². The number of esters is 2. The predicted octanol–water partition coefficient (Wildman–Crippen LogP) is 6.91. The molecule has 164 valence electrons. The van der Waals surface area contributed by atoms with E-state index in [0.29, 0.717) is 6.42 Å². The number of hydrogen-bond acceptors (Lipinski definition) is 4. The van der Waals surface area contributed by atoms with Crippen molar-refractivity contribution < 1.29 is 19.1 Å². The summed E-state index contributed by atoms with van der Waals surface area (Å²) in [5, 5.41) is 0. The van der Waals surface area contributed by atoms with Crippen molar-refractivity contribution in [2.75, 3.05) is 0 Å². The maximum absolute atomic E-state index is 11.6. The standard InChI is InChI=1S/C24H44O4/c1-6-7-8-15-18-22(27-21(2)25)19-16-13-11-9-10-12-14-17-20-23(26)28-24(3,4)5/h13,16,22H,6-12,14-15,17-20H2,1-5H3. The van der Waals surface area contributed by atoms with Gasteiger partial charge in [-0.3, -0.25) is 9.59 Å². The predicted molar refractivity (Wildman–Crippen MR) is 116 cm³/mol. The van der Waals surface area contributed by atoms with E-state index in [9.17, 15) is 9.59 Å². The molecule has 0 spiro atoms. The SMILES string of the molecule is CCCCCCC(CC=CCCCCCCCC(=O)OC(C)(C)C)OC(C)=O. The van der Waals surface area contributed by atoms with E-state index in [1.807, 2.05) is 20.8 Å². The normalized spacial score (nSPS) is 12.9. The number of rotatable bonds is 16. The summed E-state index contributed by atoms with van der Waals surface area (Å²) < 4.78 is 10.7. The lowest BCUT2D eigenvalue weighted by atomic mass is 10.1. The number of carbonyl (C=O) groups is 2. The molecule has 4 heteroatoms. The van der Waals surface area contributed by atoms with E-state index in [4.69, 9.17) is 9.47 Å². The summed E-state index contributed by atoms with van der Waals surface area (Å²) in [6, 6.07) is 0. The van der Waals surface area contributed by atoms with E-state index >= 15 is 0 Å². The Morgan fingerprint density at radius 2 is 1.54 bits per heavy atom. The van der Waals surface area contributed by atoms with Crippen LogP contribution in [0.2, 0.25) is 0 Å². The zero-order chi connectivity index (χ0) is 21.3. The highest BCUT2D eigenvalue weighted by Gasteiger charge is 2.15. The Morgan fingerprint density at radius 1 is 0.893 bits per heavy atom. The van der Waals surface area contributed by atoms with Crippen LogP contribution in [0.1, 0.15) is 118 Å². The molecule has 0 amide bonds. The summed E-state index contributed by atoms with van der Waals surface area (Å²) in [5.41, 5.74) is -0.382. The lowest BCUT2D eigenvalue weighted by molar-refractivity contribution is -0.155. The minimum atomic E-state index is -0.382. The minimum Gasteiger partial charge on any atom is -0.462 e. The van der Waals surface area contributed by atoms with E-state index in [1.165, 1.54) is 32.6 Å². The number of unbranched alkanes of at least 4 members (excludes halogenated alkanes) is 8. The largest absolute Gasteiger partial charge is 0.462 e. The average molecular weight is 397 g/mol. The summed E-state index contributed by atoms with van der Waals surface area (Å²) in [6.07, 6.45) is 18.1. The van der Waals surface area contributed by atoms with Crippen LogP contribution < -0.4 is 0 Å². The molecule has 0 aliphatic rings. The van der Waals surface area contributed by atoms with Crippen LogP contribution in [0, 0.1) is 0 Å². The van der Waals surface area contributed by atoms with E-state index in [0.717, 1.165) is 51.4 Å². The summed E-state index contributed by atoms with van der Waals surface area (Å²) in [5.74, 6) is -0.271. The Bertz CT molecular complexity index is 434. The molecule has 0 aromatic carbocycles. The number of allylic oxidation sites excluding steroid dienone is 1. The fraction of sp³-hybridized carbons (Fsp3) is 0.833. The van der Waals surface area contributed by atoms with Crippen LogP contribution in [0.15, 0.2) is 12.2 Å². The second-order valence-corrected chi connectivity index (χ2v) is 8.68. The minimum absolute atomic E-state index is 0.0264. The molecule has 0 heterocycles. The Balaban J connectivity index is 3.72. The number of hydrogen-bond donors (Lipinski definition) is 0. The summed E-state index contributed by atoms with van der Waals surface area (Å²) >= 11 is 0. The molecule has 0 aliphatic heterocycles. The Labute approximate surface area is 173 Å². The molecule has 0 N–H and O–H groups in total. The number of ether oxygens (including phenoxy) is 2.